The summed E-state index contributed by atoms with van der Waals surface area (Å²) in [5, 5.41) is 18.4. The first-order chi connectivity index (χ1) is 14.9. The van der Waals surface area contributed by atoms with Crippen LogP contribution in [0.2, 0.25) is 0 Å². The van der Waals surface area contributed by atoms with Crippen molar-refractivity contribution in [2.75, 3.05) is 26.2 Å². The summed E-state index contributed by atoms with van der Waals surface area (Å²) in [5.74, 6) is -0.119. The van der Waals surface area contributed by atoms with Crippen molar-refractivity contribution in [3.05, 3.63) is 65.2 Å². The predicted molar refractivity (Wildman–Crippen MR) is 112 cm³/mol. The summed E-state index contributed by atoms with van der Waals surface area (Å²) < 4.78 is 33.9. The molecule has 2 saturated heterocycles. The molecule has 2 aromatic rings. The number of piperidine rings is 1. The summed E-state index contributed by atoms with van der Waals surface area (Å²) in [5.41, 5.74) is 0.965. The zero-order chi connectivity index (χ0) is 22.1. The summed E-state index contributed by atoms with van der Waals surface area (Å²) >= 11 is 0. The van der Waals surface area contributed by atoms with E-state index in [1.54, 1.807) is 41.3 Å². The molecule has 0 aliphatic carbocycles. The van der Waals surface area contributed by atoms with E-state index in [1.807, 2.05) is 0 Å². The minimum Gasteiger partial charge on any atom is -0.392 e. The zero-order valence-electron chi connectivity index (χ0n) is 17.1. The highest BCUT2D eigenvalue weighted by atomic mass is 32.2. The Morgan fingerprint density at radius 3 is 2.00 bits per heavy atom. The molecule has 2 heterocycles. The lowest BCUT2D eigenvalue weighted by Gasteiger charge is -2.42. The van der Waals surface area contributed by atoms with Gasteiger partial charge >= 0.3 is 0 Å². The summed E-state index contributed by atoms with van der Waals surface area (Å²) in [6.45, 7) is 1.12. The molecule has 0 atom stereocenters. The number of carbonyl (C=O) groups excluding carboxylic acids is 1. The Morgan fingerprint density at radius 1 is 0.903 bits per heavy atom. The van der Waals surface area contributed by atoms with Crippen molar-refractivity contribution in [3.8, 4) is 0 Å². The maximum Gasteiger partial charge on any atom is 0.253 e. The standard InChI is InChI=1S/C22H26N2O6S/c25-15-17-1-5-19(6-2-17)21(27)23-11-9-22(10-12-23)24(13-14-30-22)31(28,29)20-7-3-18(16-26)4-8-20/h1-8,25-26H,9-16H2. The van der Waals surface area contributed by atoms with Gasteiger partial charge in [0.1, 0.15) is 5.72 Å². The van der Waals surface area contributed by atoms with Gasteiger partial charge in [-0.3, -0.25) is 4.79 Å². The minimum atomic E-state index is -3.77. The average molecular weight is 447 g/mol. The second kappa shape index (κ2) is 8.68. The number of aliphatic hydroxyl groups excluding tert-OH is 2. The smallest absolute Gasteiger partial charge is 0.253 e. The van der Waals surface area contributed by atoms with Crippen LogP contribution in [0.25, 0.3) is 0 Å². The SMILES string of the molecule is O=C(c1ccc(CO)cc1)N1CCC2(CC1)OCCN2S(=O)(=O)c1ccc(CO)cc1. The molecule has 2 aliphatic rings. The summed E-state index contributed by atoms with van der Waals surface area (Å²) in [6.07, 6.45) is 0.781. The predicted octanol–water partition coefficient (Wildman–Crippen LogP) is 1.32. The van der Waals surface area contributed by atoms with Crippen molar-refractivity contribution in [2.24, 2.45) is 0 Å². The van der Waals surface area contributed by atoms with Gasteiger partial charge in [-0.1, -0.05) is 24.3 Å². The second-order valence-electron chi connectivity index (χ2n) is 7.82. The van der Waals surface area contributed by atoms with Crippen LogP contribution in [0.4, 0.5) is 0 Å². The Kier molecular flexibility index (Phi) is 6.14. The number of aliphatic hydroxyl groups is 2. The first-order valence-electron chi connectivity index (χ1n) is 10.3. The summed E-state index contributed by atoms with van der Waals surface area (Å²) in [7, 11) is -3.77. The first kappa shape index (κ1) is 21.9. The lowest BCUT2D eigenvalue weighted by molar-refractivity contribution is -0.0857. The van der Waals surface area contributed by atoms with Crippen LogP contribution >= 0.6 is 0 Å². The summed E-state index contributed by atoms with van der Waals surface area (Å²) in [6, 6.07) is 13.0. The Bertz CT molecular complexity index is 1030. The van der Waals surface area contributed by atoms with Crippen LogP contribution in [0.5, 0.6) is 0 Å². The van der Waals surface area contributed by atoms with Gasteiger partial charge in [-0.2, -0.15) is 4.31 Å². The minimum absolute atomic E-state index is 0.0783. The van der Waals surface area contributed by atoms with Gasteiger partial charge in [0.2, 0.25) is 10.0 Å². The third kappa shape index (κ3) is 4.11. The Morgan fingerprint density at radius 2 is 1.45 bits per heavy atom. The fourth-order valence-corrected chi connectivity index (χ4v) is 5.94. The third-order valence-electron chi connectivity index (χ3n) is 6.03. The van der Waals surface area contributed by atoms with Gasteiger partial charge in [0, 0.05) is 38.0 Å². The van der Waals surface area contributed by atoms with Gasteiger partial charge in [0.15, 0.2) is 0 Å². The van der Waals surface area contributed by atoms with Crippen molar-refractivity contribution in [3.63, 3.8) is 0 Å². The number of sulfonamides is 1. The van der Waals surface area contributed by atoms with E-state index in [0.29, 0.717) is 43.7 Å². The van der Waals surface area contributed by atoms with E-state index in [9.17, 15) is 18.3 Å². The van der Waals surface area contributed by atoms with E-state index in [-0.39, 0.29) is 30.6 Å². The Labute approximate surface area is 181 Å². The molecule has 2 N–H and O–H groups in total. The molecule has 8 nitrogen and oxygen atoms in total. The molecule has 2 fully saturated rings. The maximum atomic E-state index is 13.3. The topological polar surface area (TPSA) is 107 Å². The van der Waals surface area contributed by atoms with Crippen molar-refractivity contribution in [1.29, 1.82) is 0 Å². The molecule has 1 amide bonds. The van der Waals surface area contributed by atoms with E-state index < -0.39 is 15.7 Å². The van der Waals surface area contributed by atoms with Crippen LogP contribution in [0.15, 0.2) is 53.4 Å². The van der Waals surface area contributed by atoms with Crippen molar-refractivity contribution < 1.29 is 28.2 Å². The Hall–Kier alpha value is -2.30. The number of benzene rings is 2. The molecule has 166 valence electrons. The van der Waals surface area contributed by atoms with Gasteiger partial charge in [0.05, 0.1) is 24.7 Å². The molecule has 0 bridgehead atoms. The van der Waals surface area contributed by atoms with Crippen LogP contribution < -0.4 is 0 Å². The quantitative estimate of drug-likeness (QED) is 0.718. The van der Waals surface area contributed by atoms with Crippen LogP contribution in [-0.4, -0.2) is 65.7 Å². The number of hydrogen-bond donors (Lipinski definition) is 2. The van der Waals surface area contributed by atoms with Crippen LogP contribution in [0.3, 0.4) is 0 Å². The number of likely N-dealkylation sites (tertiary alicyclic amines) is 1. The van der Waals surface area contributed by atoms with Crippen molar-refractivity contribution in [2.45, 2.75) is 36.7 Å². The number of rotatable bonds is 5. The van der Waals surface area contributed by atoms with E-state index in [4.69, 9.17) is 9.84 Å². The van der Waals surface area contributed by atoms with E-state index in [1.165, 1.54) is 16.4 Å². The molecule has 9 heteroatoms. The number of nitrogens with zero attached hydrogens (tertiary/aromatic N) is 2. The molecule has 0 radical (unpaired) electrons. The van der Waals surface area contributed by atoms with E-state index in [2.05, 4.69) is 0 Å². The van der Waals surface area contributed by atoms with E-state index in [0.717, 1.165) is 5.56 Å². The maximum absolute atomic E-state index is 13.3. The molecule has 2 aromatic carbocycles. The second-order valence-corrected chi connectivity index (χ2v) is 9.68. The Balaban J connectivity index is 1.49. The van der Waals surface area contributed by atoms with E-state index >= 15 is 0 Å². The largest absolute Gasteiger partial charge is 0.392 e. The number of amides is 1. The first-order valence-corrected chi connectivity index (χ1v) is 11.7. The highest BCUT2D eigenvalue weighted by molar-refractivity contribution is 7.89. The summed E-state index contributed by atoms with van der Waals surface area (Å²) in [4.78, 5) is 14.7. The van der Waals surface area contributed by atoms with Gasteiger partial charge in [-0.05, 0) is 35.4 Å². The molecule has 4 rings (SSSR count). The molecule has 0 unspecified atom stereocenters. The van der Waals surface area contributed by atoms with Crippen LogP contribution in [0, 0.1) is 0 Å². The van der Waals surface area contributed by atoms with Crippen molar-refractivity contribution in [1.82, 2.24) is 9.21 Å². The number of hydrogen-bond acceptors (Lipinski definition) is 6. The normalized spacial score (nSPS) is 19.1. The average Bonchev–Trinajstić information content (AvgIpc) is 3.23. The van der Waals surface area contributed by atoms with Gasteiger partial charge in [-0.15, -0.1) is 0 Å². The van der Waals surface area contributed by atoms with Gasteiger partial charge in [0.25, 0.3) is 5.91 Å². The highest BCUT2D eigenvalue weighted by Gasteiger charge is 2.51. The fraction of sp³-hybridized carbons (Fsp3) is 0.409. The fourth-order valence-electron chi connectivity index (χ4n) is 4.22. The number of ether oxygens (including phenoxy) is 1. The van der Waals surface area contributed by atoms with Crippen LogP contribution in [-0.2, 0) is 28.0 Å². The molecular formula is C22H26N2O6S. The molecule has 2 aliphatic heterocycles. The molecule has 1 spiro atoms. The van der Waals surface area contributed by atoms with Gasteiger partial charge in [-0.25, -0.2) is 8.42 Å². The number of carbonyl (C=O) groups is 1. The highest BCUT2D eigenvalue weighted by Crippen LogP contribution is 2.38. The van der Waals surface area contributed by atoms with Crippen molar-refractivity contribution >= 4 is 15.9 Å². The molecule has 31 heavy (non-hydrogen) atoms. The molecule has 0 aromatic heterocycles. The molecule has 0 saturated carbocycles. The molecular weight excluding hydrogens is 420 g/mol. The lowest BCUT2D eigenvalue weighted by atomic mass is 9.99. The zero-order valence-corrected chi connectivity index (χ0v) is 17.9. The van der Waals surface area contributed by atoms with Crippen LogP contribution in [0.1, 0.15) is 34.3 Å². The third-order valence-corrected chi connectivity index (χ3v) is 7.99. The monoisotopic (exact) mass is 446 g/mol. The van der Waals surface area contributed by atoms with Gasteiger partial charge < -0.3 is 19.8 Å². The lowest BCUT2D eigenvalue weighted by Crippen LogP contribution is -2.55.